The summed E-state index contributed by atoms with van der Waals surface area (Å²) >= 11 is 0. The third-order valence-electron chi connectivity index (χ3n) is 2.70. The first kappa shape index (κ1) is 15.7. The maximum absolute atomic E-state index is 12.6. The van der Waals surface area contributed by atoms with E-state index in [-0.39, 0.29) is 17.2 Å². The number of aromatic hydroxyl groups is 1. The van der Waals surface area contributed by atoms with Gasteiger partial charge in [-0.2, -0.15) is 13.2 Å². The quantitative estimate of drug-likeness (QED) is 0.909. The number of rotatable bonds is 4. The standard InChI is InChI=1S/C15H12F3NO3/c16-15(17,18)10-4-3-5-11(8-10)19-14(21)9-22-13-7-2-1-6-12(13)20/h1-8,20H,9H2,(H,19,21). The lowest BCUT2D eigenvalue weighted by Gasteiger charge is -2.11. The Bertz CT molecular complexity index is 671. The molecule has 22 heavy (non-hydrogen) atoms. The maximum atomic E-state index is 12.6. The molecule has 0 radical (unpaired) electrons. The highest BCUT2D eigenvalue weighted by Gasteiger charge is 2.30. The second-order valence-corrected chi connectivity index (χ2v) is 4.38. The molecule has 1 amide bonds. The van der Waals surface area contributed by atoms with E-state index in [1.54, 1.807) is 12.1 Å². The number of para-hydroxylation sites is 2. The van der Waals surface area contributed by atoms with Crippen LogP contribution in [0.2, 0.25) is 0 Å². The monoisotopic (exact) mass is 311 g/mol. The largest absolute Gasteiger partial charge is 0.504 e. The molecule has 0 saturated carbocycles. The van der Waals surface area contributed by atoms with Gasteiger partial charge in [0.1, 0.15) is 0 Å². The molecule has 0 aliphatic carbocycles. The molecule has 4 nitrogen and oxygen atoms in total. The summed E-state index contributed by atoms with van der Waals surface area (Å²) < 4.78 is 42.7. The van der Waals surface area contributed by atoms with Crippen LogP contribution in [0.25, 0.3) is 0 Å². The van der Waals surface area contributed by atoms with Crippen LogP contribution in [-0.4, -0.2) is 17.6 Å². The fourth-order valence-corrected chi connectivity index (χ4v) is 1.69. The number of alkyl halides is 3. The summed E-state index contributed by atoms with van der Waals surface area (Å²) in [6, 6.07) is 10.3. The van der Waals surface area contributed by atoms with Crippen molar-refractivity contribution in [3.8, 4) is 11.5 Å². The van der Waals surface area contributed by atoms with Gasteiger partial charge in [0.15, 0.2) is 18.1 Å². The number of nitrogens with one attached hydrogen (secondary N) is 1. The minimum absolute atomic E-state index is 0.0145. The summed E-state index contributed by atoms with van der Waals surface area (Å²) in [7, 11) is 0. The van der Waals surface area contributed by atoms with E-state index < -0.39 is 24.3 Å². The summed E-state index contributed by atoms with van der Waals surface area (Å²) in [4.78, 5) is 11.7. The Morgan fingerprint density at radius 1 is 1.14 bits per heavy atom. The minimum atomic E-state index is -4.48. The van der Waals surface area contributed by atoms with Crippen LogP contribution in [0, 0.1) is 0 Å². The van der Waals surface area contributed by atoms with Gasteiger partial charge in [0, 0.05) is 5.69 Å². The molecule has 0 heterocycles. The molecule has 7 heteroatoms. The van der Waals surface area contributed by atoms with Crippen LogP contribution < -0.4 is 10.1 Å². The van der Waals surface area contributed by atoms with Crippen molar-refractivity contribution in [3.63, 3.8) is 0 Å². The van der Waals surface area contributed by atoms with Gasteiger partial charge in [0.2, 0.25) is 0 Å². The number of ether oxygens (including phenoxy) is 1. The van der Waals surface area contributed by atoms with Gasteiger partial charge in [-0.1, -0.05) is 18.2 Å². The lowest BCUT2D eigenvalue weighted by molar-refractivity contribution is -0.137. The third-order valence-corrected chi connectivity index (χ3v) is 2.70. The van der Waals surface area contributed by atoms with Crippen molar-refractivity contribution < 1.29 is 27.8 Å². The number of phenols is 1. The minimum Gasteiger partial charge on any atom is -0.504 e. The van der Waals surface area contributed by atoms with Gasteiger partial charge in [-0.15, -0.1) is 0 Å². The molecule has 0 fully saturated rings. The number of anilines is 1. The summed E-state index contributed by atoms with van der Waals surface area (Å²) in [5.74, 6) is -0.654. The number of hydrogen-bond donors (Lipinski definition) is 2. The number of benzene rings is 2. The van der Waals surface area contributed by atoms with Crippen molar-refractivity contribution in [3.05, 3.63) is 54.1 Å². The predicted octanol–water partition coefficient (Wildman–Crippen LogP) is 3.43. The summed E-state index contributed by atoms with van der Waals surface area (Å²) in [5.41, 5.74) is -0.840. The SMILES string of the molecule is O=C(COc1ccccc1O)Nc1cccc(C(F)(F)F)c1. The van der Waals surface area contributed by atoms with Crippen LogP contribution in [0.1, 0.15) is 5.56 Å². The number of phenolic OH excluding ortho intramolecular Hbond substituents is 1. The molecule has 2 N–H and O–H groups in total. The molecule has 0 aliphatic rings. The van der Waals surface area contributed by atoms with Gasteiger partial charge in [-0.3, -0.25) is 4.79 Å². The molecule has 0 aromatic heterocycles. The molecule has 0 unspecified atom stereocenters. The number of carbonyl (C=O) groups excluding carboxylic acids is 1. The zero-order valence-electron chi connectivity index (χ0n) is 11.2. The Morgan fingerprint density at radius 3 is 2.55 bits per heavy atom. The van der Waals surface area contributed by atoms with Crippen molar-refractivity contribution >= 4 is 11.6 Å². The highest BCUT2D eigenvalue weighted by atomic mass is 19.4. The highest BCUT2D eigenvalue weighted by molar-refractivity contribution is 5.92. The molecular formula is C15H12F3NO3. The topological polar surface area (TPSA) is 58.6 Å². The first-order valence-corrected chi connectivity index (χ1v) is 6.24. The highest BCUT2D eigenvalue weighted by Crippen LogP contribution is 2.30. The molecule has 0 atom stereocenters. The van der Waals surface area contributed by atoms with Crippen LogP contribution in [0.5, 0.6) is 11.5 Å². The second kappa shape index (κ2) is 6.38. The Kier molecular flexibility index (Phi) is 4.55. The zero-order valence-corrected chi connectivity index (χ0v) is 11.2. The van der Waals surface area contributed by atoms with Crippen molar-refractivity contribution in [1.29, 1.82) is 0 Å². The number of amides is 1. The molecule has 0 bridgehead atoms. The van der Waals surface area contributed by atoms with E-state index in [4.69, 9.17) is 4.74 Å². The Labute approximate surface area is 124 Å². The molecule has 0 saturated heterocycles. The van der Waals surface area contributed by atoms with E-state index in [1.807, 2.05) is 0 Å². The second-order valence-electron chi connectivity index (χ2n) is 4.38. The average Bonchev–Trinajstić information content (AvgIpc) is 2.46. The maximum Gasteiger partial charge on any atom is 0.416 e. The smallest absolute Gasteiger partial charge is 0.416 e. The lowest BCUT2D eigenvalue weighted by atomic mass is 10.2. The fraction of sp³-hybridized carbons (Fsp3) is 0.133. The van der Waals surface area contributed by atoms with Crippen molar-refractivity contribution in [2.45, 2.75) is 6.18 Å². The van der Waals surface area contributed by atoms with Gasteiger partial charge in [0.25, 0.3) is 5.91 Å². The normalized spacial score (nSPS) is 11.0. The molecule has 116 valence electrons. The number of hydrogen-bond acceptors (Lipinski definition) is 3. The Balaban J connectivity index is 1.97. The molecule has 0 spiro atoms. The van der Waals surface area contributed by atoms with E-state index >= 15 is 0 Å². The summed E-state index contributed by atoms with van der Waals surface area (Å²) in [6.07, 6.45) is -4.48. The summed E-state index contributed by atoms with van der Waals surface area (Å²) in [6.45, 7) is -0.437. The molecular weight excluding hydrogens is 299 g/mol. The van der Waals surface area contributed by atoms with Gasteiger partial charge >= 0.3 is 6.18 Å². The first-order valence-electron chi connectivity index (χ1n) is 6.24. The Hall–Kier alpha value is -2.70. The number of halogens is 3. The predicted molar refractivity (Wildman–Crippen MR) is 73.7 cm³/mol. The van der Waals surface area contributed by atoms with Gasteiger partial charge in [0.05, 0.1) is 5.56 Å². The van der Waals surface area contributed by atoms with Crippen LogP contribution in [-0.2, 0) is 11.0 Å². The third kappa shape index (κ3) is 4.15. The van der Waals surface area contributed by atoms with Gasteiger partial charge < -0.3 is 15.2 Å². The van der Waals surface area contributed by atoms with Crippen LogP contribution >= 0.6 is 0 Å². The molecule has 2 aromatic rings. The van der Waals surface area contributed by atoms with E-state index in [1.165, 1.54) is 24.3 Å². The molecule has 0 aliphatic heterocycles. The van der Waals surface area contributed by atoms with Crippen LogP contribution in [0.3, 0.4) is 0 Å². The van der Waals surface area contributed by atoms with Gasteiger partial charge in [-0.25, -0.2) is 0 Å². The van der Waals surface area contributed by atoms with E-state index in [0.717, 1.165) is 12.1 Å². The van der Waals surface area contributed by atoms with Crippen molar-refractivity contribution in [2.24, 2.45) is 0 Å². The van der Waals surface area contributed by atoms with E-state index in [2.05, 4.69) is 5.32 Å². The summed E-state index contributed by atoms with van der Waals surface area (Å²) in [5, 5.41) is 11.8. The van der Waals surface area contributed by atoms with E-state index in [0.29, 0.717) is 0 Å². The zero-order chi connectivity index (χ0) is 16.2. The average molecular weight is 311 g/mol. The first-order chi connectivity index (χ1) is 10.4. The Morgan fingerprint density at radius 2 is 1.86 bits per heavy atom. The lowest BCUT2D eigenvalue weighted by Crippen LogP contribution is -2.20. The van der Waals surface area contributed by atoms with Crippen LogP contribution in [0.4, 0.5) is 18.9 Å². The molecule has 2 rings (SSSR count). The van der Waals surface area contributed by atoms with Crippen molar-refractivity contribution in [2.75, 3.05) is 11.9 Å². The fourth-order valence-electron chi connectivity index (χ4n) is 1.69. The number of carbonyl (C=O) groups is 1. The van der Waals surface area contributed by atoms with E-state index in [9.17, 15) is 23.1 Å². The van der Waals surface area contributed by atoms with Crippen LogP contribution in [0.15, 0.2) is 48.5 Å². The van der Waals surface area contributed by atoms with Crippen molar-refractivity contribution in [1.82, 2.24) is 0 Å². The van der Waals surface area contributed by atoms with Gasteiger partial charge in [-0.05, 0) is 30.3 Å². The molecule has 2 aromatic carbocycles.